The highest BCUT2D eigenvalue weighted by Gasteiger charge is 2.31. The molecule has 2 heterocycles. The molecule has 1 amide bonds. The number of H-pyrrole nitrogens is 1. The number of alkyl halides is 3. The number of benzene rings is 3. The van der Waals surface area contributed by atoms with Crippen molar-refractivity contribution in [1.29, 1.82) is 0 Å². The fraction of sp³-hybridized carbons (Fsp3) is 0.192. The highest BCUT2D eigenvalue weighted by Crippen LogP contribution is 2.33. The molecule has 0 atom stereocenters. The van der Waals surface area contributed by atoms with Crippen LogP contribution in [0.2, 0.25) is 0 Å². The van der Waals surface area contributed by atoms with E-state index in [0.717, 1.165) is 34.2 Å². The summed E-state index contributed by atoms with van der Waals surface area (Å²) in [6.07, 6.45) is -2.08. The van der Waals surface area contributed by atoms with Crippen LogP contribution in [0.3, 0.4) is 0 Å². The van der Waals surface area contributed by atoms with E-state index in [4.69, 9.17) is 9.47 Å². The molecule has 34 heavy (non-hydrogen) atoms. The molecule has 1 aliphatic rings. The summed E-state index contributed by atoms with van der Waals surface area (Å²) in [4.78, 5) is 18.2. The summed E-state index contributed by atoms with van der Waals surface area (Å²) < 4.78 is 50.5. The SMILES string of the molecule is O=C(c1cccc(C(F)(F)F)c1)N(CCc1c[nH]c2ccccc12)Cc1ccc2c(c1)OCO2. The molecule has 1 N–H and O–H groups in total. The van der Waals surface area contributed by atoms with Crippen LogP contribution in [0.1, 0.15) is 27.0 Å². The Hall–Kier alpha value is -3.94. The molecule has 174 valence electrons. The lowest BCUT2D eigenvalue weighted by Crippen LogP contribution is -2.32. The van der Waals surface area contributed by atoms with Gasteiger partial charge in [-0.2, -0.15) is 13.2 Å². The minimum absolute atomic E-state index is 0.00510. The van der Waals surface area contributed by atoms with Gasteiger partial charge in [0.25, 0.3) is 5.91 Å². The number of halogens is 3. The number of nitrogens with one attached hydrogen (secondary N) is 1. The molecule has 0 saturated carbocycles. The lowest BCUT2D eigenvalue weighted by Gasteiger charge is -2.23. The van der Waals surface area contributed by atoms with E-state index in [0.29, 0.717) is 24.5 Å². The van der Waals surface area contributed by atoms with Gasteiger partial charge in [0.15, 0.2) is 11.5 Å². The van der Waals surface area contributed by atoms with Crippen LogP contribution < -0.4 is 9.47 Å². The van der Waals surface area contributed by atoms with Gasteiger partial charge in [-0.1, -0.05) is 30.3 Å². The van der Waals surface area contributed by atoms with Crippen LogP contribution in [-0.4, -0.2) is 29.1 Å². The normalized spacial score (nSPS) is 12.8. The van der Waals surface area contributed by atoms with Crippen molar-refractivity contribution >= 4 is 16.8 Å². The molecule has 1 aromatic heterocycles. The van der Waals surface area contributed by atoms with Gasteiger partial charge >= 0.3 is 6.18 Å². The molecule has 0 unspecified atom stereocenters. The van der Waals surface area contributed by atoms with Crippen LogP contribution in [0.5, 0.6) is 11.5 Å². The number of hydrogen-bond acceptors (Lipinski definition) is 3. The molecule has 0 aliphatic carbocycles. The van der Waals surface area contributed by atoms with Crippen LogP contribution in [0.15, 0.2) is 72.9 Å². The summed E-state index contributed by atoms with van der Waals surface area (Å²) in [7, 11) is 0. The second kappa shape index (κ2) is 8.78. The Morgan fingerprint density at radius 1 is 0.971 bits per heavy atom. The minimum Gasteiger partial charge on any atom is -0.454 e. The quantitative estimate of drug-likeness (QED) is 0.391. The number of carbonyl (C=O) groups excluding carboxylic acids is 1. The number of nitrogens with zero attached hydrogens (tertiary/aromatic N) is 1. The first-order valence-electron chi connectivity index (χ1n) is 10.8. The minimum atomic E-state index is -4.53. The standard InChI is InChI=1S/C26H21F3N2O3/c27-26(28,29)20-5-3-4-18(13-20)25(32)31(15-17-8-9-23-24(12-17)34-16-33-23)11-10-19-14-30-22-7-2-1-6-21(19)22/h1-9,12-14,30H,10-11,15-16H2. The fourth-order valence-electron chi connectivity index (χ4n) is 4.12. The lowest BCUT2D eigenvalue weighted by atomic mass is 10.1. The molecule has 5 rings (SSSR count). The van der Waals surface area contributed by atoms with E-state index in [1.165, 1.54) is 12.1 Å². The summed E-state index contributed by atoms with van der Waals surface area (Å²) in [6.45, 7) is 0.672. The average Bonchev–Trinajstić information content (AvgIpc) is 3.47. The largest absolute Gasteiger partial charge is 0.454 e. The van der Waals surface area contributed by atoms with Gasteiger partial charge in [-0.15, -0.1) is 0 Å². The third-order valence-electron chi connectivity index (χ3n) is 5.86. The maximum Gasteiger partial charge on any atom is 0.416 e. The Balaban J connectivity index is 1.43. The van der Waals surface area contributed by atoms with Crippen molar-refractivity contribution < 1.29 is 27.4 Å². The number of carbonyl (C=O) groups is 1. The molecule has 0 bridgehead atoms. The van der Waals surface area contributed by atoms with Crippen molar-refractivity contribution in [2.75, 3.05) is 13.3 Å². The van der Waals surface area contributed by atoms with E-state index in [9.17, 15) is 18.0 Å². The maximum absolute atomic E-state index is 13.4. The number of amides is 1. The summed E-state index contributed by atoms with van der Waals surface area (Å²) in [5, 5.41) is 1.05. The van der Waals surface area contributed by atoms with Crippen LogP contribution in [-0.2, 0) is 19.1 Å². The third kappa shape index (κ3) is 4.44. The van der Waals surface area contributed by atoms with Crippen LogP contribution >= 0.6 is 0 Å². The van der Waals surface area contributed by atoms with Crippen LogP contribution in [0.4, 0.5) is 13.2 Å². The fourth-order valence-corrected chi connectivity index (χ4v) is 4.12. The Morgan fingerprint density at radius 3 is 2.65 bits per heavy atom. The topological polar surface area (TPSA) is 54.6 Å². The molecule has 0 radical (unpaired) electrons. The van der Waals surface area contributed by atoms with Gasteiger partial charge in [0, 0.05) is 35.8 Å². The predicted octanol–water partition coefficient (Wildman–Crippen LogP) is 5.80. The Kier molecular flexibility index (Phi) is 5.65. The van der Waals surface area contributed by atoms with Crippen molar-refractivity contribution in [2.45, 2.75) is 19.1 Å². The van der Waals surface area contributed by atoms with Gasteiger partial charge in [0.1, 0.15) is 0 Å². The Labute approximate surface area is 193 Å². The van der Waals surface area contributed by atoms with Crippen LogP contribution in [0, 0.1) is 0 Å². The zero-order valence-electron chi connectivity index (χ0n) is 18.1. The Morgan fingerprint density at radius 2 is 1.79 bits per heavy atom. The summed E-state index contributed by atoms with van der Waals surface area (Å²) in [6, 6.07) is 17.8. The number of fused-ring (bicyclic) bond motifs is 2. The summed E-state index contributed by atoms with van der Waals surface area (Å²) in [5.41, 5.74) is 1.96. The number of para-hydroxylation sites is 1. The second-order valence-corrected chi connectivity index (χ2v) is 8.10. The van der Waals surface area contributed by atoms with Crippen molar-refractivity contribution in [2.24, 2.45) is 0 Å². The van der Waals surface area contributed by atoms with Crippen LogP contribution in [0.25, 0.3) is 10.9 Å². The van der Waals surface area contributed by atoms with E-state index in [2.05, 4.69) is 4.98 Å². The van der Waals surface area contributed by atoms with E-state index in [1.807, 2.05) is 36.5 Å². The smallest absolute Gasteiger partial charge is 0.416 e. The van der Waals surface area contributed by atoms with Gasteiger partial charge in [-0.05, 0) is 53.9 Å². The highest BCUT2D eigenvalue weighted by atomic mass is 19.4. The molecule has 0 fully saturated rings. The third-order valence-corrected chi connectivity index (χ3v) is 5.86. The first-order chi connectivity index (χ1) is 16.4. The summed E-state index contributed by atoms with van der Waals surface area (Å²) in [5.74, 6) is 0.738. The Bertz CT molecular complexity index is 1350. The van der Waals surface area contributed by atoms with Gasteiger partial charge in [0.2, 0.25) is 6.79 Å². The molecule has 3 aromatic carbocycles. The average molecular weight is 466 g/mol. The zero-order chi connectivity index (χ0) is 23.7. The summed E-state index contributed by atoms with van der Waals surface area (Å²) >= 11 is 0. The molecular formula is C26H21F3N2O3. The molecule has 8 heteroatoms. The van der Waals surface area contributed by atoms with Crippen molar-refractivity contribution in [3.05, 3.63) is 95.2 Å². The number of hydrogen-bond donors (Lipinski definition) is 1. The highest BCUT2D eigenvalue weighted by molar-refractivity contribution is 5.94. The van der Waals surface area contributed by atoms with Crippen molar-refractivity contribution in [3.8, 4) is 11.5 Å². The van der Waals surface area contributed by atoms with E-state index in [1.54, 1.807) is 17.0 Å². The number of aromatic amines is 1. The van der Waals surface area contributed by atoms with E-state index >= 15 is 0 Å². The van der Waals surface area contributed by atoms with Gasteiger partial charge in [-0.25, -0.2) is 0 Å². The van der Waals surface area contributed by atoms with E-state index < -0.39 is 17.6 Å². The predicted molar refractivity (Wildman–Crippen MR) is 121 cm³/mol. The molecule has 5 nitrogen and oxygen atoms in total. The monoisotopic (exact) mass is 466 g/mol. The molecule has 4 aromatic rings. The van der Waals surface area contributed by atoms with Gasteiger partial charge < -0.3 is 19.4 Å². The number of rotatable bonds is 6. The first-order valence-corrected chi connectivity index (χ1v) is 10.8. The molecular weight excluding hydrogens is 445 g/mol. The van der Waals surface area contributed by atoms with Gasteiger partial charge in [-0.3, -0.25) is 4.79 Å². The maximum atomic E-state index is 13.4. The van der Waals surface area contributed by atoms with Crippen molar-refractivity contribution in [3.63, 3.8) is 0 Å². The second-order valence-electron chi connectivity index (χ2n) is 8.10. The zero-order valence-corrected chi connectivity index (χ0v) is 18.1. The van der Waals surface area contributed by atoms with Gasteiger partial charge in [0.05, 0.1) is 5.56 Å². The number of aromatic nitrogens is 1. The van der Waals surface area contributed by atoms with Crippen molar-refractivity contribution in [1.82, 2.24) is 9.88 Å². The van der Waals surface area contributed by atoms with E-state index in [-0.39, 0.29) is 18.9 Å². The first kappa shape index (κ1) is 21.9. The molecule has 0 spiro atoms. The molecule has 0 saturated heterocycles. The lowest BCUT2D eigenvalue weighted by molar-refractivity contribution is -0.137. The number of ether oxygens (including phenoxy) is 2. The molecule has 1 aliphatic heterocycles.